The zero-order valence-corrected chi connectivity index (χ0v) is 8.81. The van der Waals surface area contributed by atoms with Gasteiger partial charge in [-0.15, -0.1) is 0 Å². The van der Waals surface area contributed by atoms with E-state index in [2.05, 4.69) is 4.74 Å². The van der Waals surface area contributed by atoms with E-state index in [1.807, 2.05) is 0 Å². The second-order valence-electron chi connectivity index (χ2n) is 3.21. The molecule has 0 aliphatic rings. The number of carbonyl (C=O) groups excluding carboxylic acids is 2. The lowest BCUT2D eigenvalue weighted by Crippen LogP contribution is -2.46. The standard InChI is InChI=1S/C9H16O7/c1-2-7(13)16-4-6(12)9(15)8(14)5(11)3-10/h3,5-6,8-9,11-12,14-15H,2,4H2,1H3/t5-,6+,8+,9+/m0/s1. The molecule has 4 atom stereocenters. The maximum Gasteiger partial charge on any atom is 0.305 e. The average Bonchev–Trinajstić information content (AvgIpc) is 2.32. The zero-order valence-electron chi connectivity index (χ0n) is 8.81. The number of rotatable bonds is 7. The molecule has 0 aromatic rings. The molecular weight excluding hydrogens is 220 g/mol. The monoisotopic (exact) mass is 236 g/mol. The largest absolute Gasteiger partial charge is 0.463 e. The van der Waals surface area contributed by atoms with Gasteiger partial charge in [-0.05, 0) is 0 Å². The Hall–Kier alpha value is -1.02. The number of carbonyl (C=O) groups is 2. The fraction of sp³-hybridized carbons (Fsp3) is 0.778. The molecule has 0 aliphatic carbocycles. The van der Waals surface area contributed by atoms with Crippen molar-refractivity contribution in [2.75, 3.05) is 6.61 Å². The van der Waals surface area contributed by atoms with Gasteiger partial charge in [-0.2, -0.15) is 0 Å². The van der Waals surface area contributed by atoms with E-state index in [0.29, 0.717) is 0 Å². The van der Waals surface area contributed by atoms with Gasteiger partial charge in [0.1, 0.15) is 31.0 Å². The Bertz CT molecular complexity index is 230. The first-order chi connectivity index (χ1) is 7.43. The molecule has 0 heterocycles. The van der Waals surface area contributed by atoms with Gasteiger partial charge in [-0.1, -0.05) is 6.92 Å². The second kappa shape index (κ2) is 7.29. The quantitative estimate of drug-likeness (QED) is 0.286. The highest BCUT2D eigenvalue weighted by Gasteiger charge is 2.30. The average molecular weight is 236 g/mol. The normalized spacial score (nSPS) is 18.3. The van der Waals surface area contributed by atoms with Gasteiger partial charge in [0, 0.05) is 6.42 Å². The summed E-state index contributed by atoms with van der Waals surface area (Å²) in [5.74, 6) is -0.573. The van der Waals surface area contributed by atoms with Gasteiger partial charge in [0.15, 0.2) is 6.29 Å². The molecule has 0 unspecified atom stereocenters. The fourth-order valence-corrected chi connectivity index (χ4v) is 0.889. The van der Waals surface area contributed by atoms with Gasteiger partial charge in [0.05, 0.1) is 0 Å². The van der Waals surface area contributed by atoms with Crippen LogP contribution in [0, 0.1) is 0 Å². The van der Waals surface area contributed by atoms with Crippen molar-refractivity contribution in [2.45, 2.75) is 37.8 Å². The third kappa shape index (κ3) is 4.67. The minimum absolute atomic E-state index is 0.0264. The lowest BCUT2D eigenvalue weighted by Gasteiger charge is -2.23. The Morgan fingerprint density at radius 3 is 2.25 bits per heavy atom. The Morgan fingerprint density at radius 1 is 1.25 bits per heavy atom. The molecular formula is C9H16O7. The molecule has 0 spiro atoms. The van der Waals surface area contributed by atoms with Crippen LogP contribution in [0.1, 0.15) is 13.3 Å². The van der Waals surface area contributed by atoms with Crippen molar-refractivity contribution in [3.8, 4) is 0 Å². The molecule has 0 aromatic carbocycles. The second-order valence-corrected chi connectivity index (χ2v) is 3.21. The van der Waals surface area contributed by atoms with Crippen molar-refractivity contribution >= 4 is 12.3 Å². The highest BCUT2D eigenvalue weighted by atomic mass is 16.5. The number of esters is 1. The lowest BCUT2D eigenvalue weighted by atomic mass is 10.0. The van der Waals surface area contributed by atoms with Crippen molar-refractivity contribution in [2.24, 2.45) is 0 Å². The molecule has 0 radical (unpaired) electrons. The van der Waals surface area contributed by atoms with Crippen LogP contribution in [0.15, 0.2) is 0 Å². The van der Waals surface area contributed by atoms with Crippen LogP contribution < -0.4 is 0 Å². The van der Waals surface area contributed by atoms with E-state index in [1.54, 1.807) is 6.92 Å². The summed E-state index contributed by atoms with van der Waals surface area (Å²) in [6.45, 7) is 1.03. The molecule has 0 saturated heterocycles. The predicted octanol–water partition coefficient (Wildman–Crippen LogP) is -2.42. The van der Waals surface area contributed by atoms with Crippen LogP contribution in [0.5, 0.6) is 0 Å². The van der Waals surface area contributed by atoms with Crippen molar-refractivity contribution in [1.29, 1.82) is 0 Å². The maximum atomic E-state index is 10.7. The summed E-state index contributed by atoms with van der Waals surface area (Å²) < 4.78 is 4.51. The van der Waals surface area contributed by atoms with Gasteiger partial charge >= 0.3 is 5.97 Å². The Morgan fingerprint density at radius 2 is 1.81 bits per heavy atom. The summed E-state index contributed by atoms with van der Waals surface area (Å²) in [6.07, 6.45) is -6.83. The Labute approximate surface area is 92.3 Å². The molecule has 0 amide bonds. The Kier molecular flexibility index (Phi) is 6.82. The van der Waals surface area contributed by atoms with Crippen molar-refractivity contribution in [3.63, 3.8) is 0 Å². The van der Waals surface area contributed by atoms with E-state index < -0.39 is 37.0 Å². The SMILES string of the molecule is CCC(=O)OC[C@@H](O)[C@@H](O)[C@H](O)[C@@H](O)C=O. The first kappa shape index (κ1) is 15.0. The number of ether oxygens (including phenoxy) is 1. The smallest absolute Gasteiger partial charge is 0.305 e. The molecule has 0 fully saturated rings. The Balaban J connectivity index is 4.11. The highest BCUT2D eigenvalue weighted by molar-refractivity contribution is 5.68. The van der Waals surface area contributed by atoms with Crippen LogP contribution in [0.3, 0.4) is 0 Å². The molecule has 0 rings (SSSR count). The number of aldehydes is 1. The number of hydrogen-bond donors (Lipinski definition) is 4. The minimum atomic E-state index is -1.83. The minimum Gasteiger partial charge on any atom is -0.463 e. The molecule has 0 aliphatic heterocycles. The zero-order chi connectivity index (χ0) is 12.7. The molecule has 0 bridgehead atoms. The van der Waals surface area contributed by atoms with Crippen LogP contribution in [0.4, 0.5) is 0 Å². The van der Waals surface area contributed by atoms with Gasteiger partial charge in [-0.25, -0.2) is 0 Å². The molecule has 7 nitrogen and oxygen atoms in total. The summed E-state index contributed by atoms with van der Waals surface area (Å²) in [5, 5.41) is 36.5. The van der Waals surface area contributed by atoms with Crippen LogP contribution >= 0.6 is 0 Å². The van der Waals surface area contributed by atoms with E-state index in [-0.39, 0.29) is 12.7 Å². The first-order valence-electron chi connectivity index (χ1n) is 4.77. The third-order valence-corrected chi connectivity index (χ3v) is 1.94. The molecule has 16 heavy (non-hydrogen) atoms. The van der Waals surface area contributed by atoms with E-state index >= 15 is 0 Å². The first-order valence-corrected chi connectivity index (χ1v) is 4.77. The summed E-state index contributed by atoms with van der Waals surface area (Å²) in [7, 11) is 0. The highest BCUT2D eigenvalue weighted by Crippen LogP contribution is 2.05. The summed E-state index contributed by atoms with van der Waals surface area (Å²) in [4.78, 5) is 20.8. The summed E-state index contributed by atoms with van der Waals surface area (Å²) >= 11 is 0. The number of aliphatic hydroxyl groups excluding tert-OH is 4. The molecule has 94 valence electrons. The van der Waals surface area contributed by atoms with Crippen LogP contribution in [0.2, 0.25) is 0 Å². The summed E-state index contributed by atoms with van der Waals surface area (Å²) in [6, 6.07) is 0. The number of hydrogen-bond acceptors (Lipinski definition) is 7. The van der Waals surface area contributed by atoms with Crippen LogP contribution in [-0.2, 0) is 14.3 Å². The van der Waals surface area contributed by atoms with Gasteiger partial charge < -0.3 is 30.0 Å². The lowest BCUT2D eigenvalue weighted by molar-refractivity contribution is -0.156. The van der Waals surface area contributed by atoms with E-state index in [9.17, 15) is 19.8 Å². The van der Waals surface area contributed by atoms with Gasteiger partial charge in [0.25, 0.3) is 0 Å². The fourth-order valence-electron chi connectivity index (χ4n) is 0.889. The van der Waals surface area contributed by atoms with E-state index in [4.69, 9.17) is 10.2 Å². The van der Waals surface area contributed by atoms with Crippen molar-refractivity contribution < 1.29 is 34.8 Å². The van der Waals surface area contributed by atoms with E-state index in [1.165, 1.54) is 0 Å². The summed E-state index contributed by atoms with van der Waals surface area (Å²) in [5.41, 5.74) is 0. The predicted molar refractivity (Wildman–Crippen MR) is 51.3 cm³/mol. The van der Waals surface area contributed by atoms with Crippen LogP contribution in [0.25, 0.3) is 0 Å². The van der Waals surface area contributed by atoms with Crippen molar-refractivity contribution in [1.82, 2.24) is 0 Å². The number of aliphatic hydroxyl groups is 4. The van der Waals surface area contributed by atoms with Crippen molar-refractivity contribution in [3.05, 3.63) is 0 Å². The third-order valence-electron chi connectivity index (χ3n) is 1.94. The molecule has 7 heteroatoms. The van der Waals surface area contributed by atoms with Gasteiger partial charge in [0.2, 0.25) is 0 Å². The van der Waals surface area contributed by atoms with Crippen LogP contribution in [-0.4, -0.2) is 63.7 Å². The topological polar surface area (TPSA) is 124 Å². The van der Waals surface area contributed by atoms with Gasteiger partial charge in [-0.3, -0.25) is 4.79 Å². The molecule has 4 N–H and O–H groups in total. The van der Waals surface area contributed by atoms with E-state index in [0.717, 1.165) is 0 Å². The molecule has 0 saturated carbocycles. The maximum absolute atomic E-state index is 10.7. The molecule has 0 aromatic heterocycles.